The van der Waals surface area contributed by atoms with E-state index in [2.05, 4.69) is 21.4 Å². The lowest BCUT2D eigenvalue weighted by atomic mass is 9.84. The highest BCUT2D eigenvalue weighted by Crippen LogP contribution is 2.31. The summed E-state index contributed by atoms with van der Waals surface area (Å²) in [5.41, 5.74) is 1.27. The third kappa shape index (κ3) is 2.45. The maximum Gasteiger partial charge on any atom is 0.177 e. The van der Waals surface area contributed by atoms with Crippen LogP contribution in [0.3, 0.4) is 0 Å². The van der Waals surface area contributed by atoms with Gasteiger partial charge >= 0.3 is 0 Å². The lowest BCUT2D eigenvalue weighted by molar-refractivity contribution is 0.0973. The maximum atomic E-state index is 8.90. The van der Waals surface area contributed by atoms with Crippen molar-refractivity contribution in [3.63, 3.8) is 0 Å². The molecule has 2 aromatic rings. The van der Waals surface area contributed by atoms with Gasteiger partial charge in [-0.1, -0.05) is 5.16 Å². The Bertz CT molecular complexity index is 685. The van der Waals surface area contributed by atoms with Gasteiger partial charge in [-0.15, -0.1) is 12.4 Å². The zero-order valence-corrected chi connectivity index (χ0v) is 12.4. The zero-order valence-electron chi connectivity index (χ0n) is 11.6. The number of nitrogens with one attached hydrogen (secondary N) is 1. The fourth-order valence-corrected chi connectivity index (χ4v) is 3.42. The second kappa shape index (κ2) is 5.55. The lowest BCUT2D eigenvalue weighted by Crippen LogP contribution is -2.53. The minimum Gasteiger partial charge on any atom is -0.362 e. The topological polar surface area (TPSA) is 65.1 Å². The van der Waals surface area contributed by atoms with Crippen LogP contribution in [-0.2, 0) is 0 Å². The van der Waals surface area contributed by atoms with Crippen LogP contribution in [-0.4, -0.2) is 35.7 Å². The molecule has 1 aromatic heterocycles. The monoisotopic (exact) mass is 304 g/mol. The first-order valence-corrected chi connectivity index (χ1v) is 7.12. The molecule has 3 fully saturated rings. The summed E-state index contributed by atoms with van der Waals surface area (Å²) in [4.78, 5) is 2.51. The molecule has 110 valence electrons. The third-order valence-corrected chi connectivity index (χ3v) is 4.58. The molecule has 5 nitrogen and oxygen atoms in total. The standard InChI is InChI=1S/C15H16N4O.ClH/c16-8-10-1-2-12-14(7-10)20-18-15(12)17-13-9-19-5-3-11(13)4-6-19;/h1-2,7,11,13H,3-6,9H2,(H,17,18);1H. The molecular formula is C15H17ClN4O. The van der Waals surface area contributed by atoms with Crippen LogP contribution in [0, 0.1) is 17.2 Å². The largest absolute Gasteiger partial charge is 0.362 e. The first kappa shape index (κ1) is 14.2. The van der Waals surface area contributed by atoms with Gasteiger partial charge in [0.05, 0.1) is 17.0 Å². The maximum absolute atomic E-state index is 8.90. The van der Waals surface area contributed by atoms with E-state index in [1.165, 1.54) is 25.9 Å². The van der Waals surface area contributed by atoms with Gasteiger partial charge in [0, 0.05) is 18.7 Å². The summed E-state index contributed by atoms with van der Waals surface area (Å²) < 4.78 is 5.34. The van der Waals surface area contributed by atoms with E-state index in [0.717, 1.165) is 23.7 Å². The summed E-state index contributed by atoms with van der Waals surface area (Å²) in [5.74, 6) is 1.55. The van der Waals surface area contributed by atoms with Crippen molar-refractivity contribution in [3.8, 4) is 6.07 Å². The molecule has 0 amide bonds. The van der Waals surface area contributed by atoms with Crippen LogP contribution in [0.1, 0.15) is 18.4 Å². The van der Waals surface area contributed by atoms with E-state index in [1.807, 2.05) is 6.07 Å². The summed E-state index contributed by atoms with van der Waals surface area (Å²) in [6, 6.07) is 8.03. The number of nitrogens with zero attached hydrogens (tertiary/aromatic N) is 3. The minimum absolute atomic E-state index is 0. The van der Waals surface area contributed by atoms with Crippen molar-refractivity contribution in [1.82, 2.24) is 10.1 Å². The van der Waals surface area contributed by atoms with Gasteiger partial charge in [0.25, 0.3) is 0 Å². The molecule has 3 aliphatic heterocycles. The van der Waals surface area contributed by atoms with E-state index >= 15 is 0 Å². The van der Waals surface area contributed by atoms with Crippen LogP contribution < -0.4 is 5.32 Å². The van der Waals surface area contributed by atoms with Crippen molar-refractivity contribution in [1.29, 1.82) is 5.26 Å². The van der Waals surface area contributed by atoms with E-state index in [4.69, 9.17) is 9.78 Å². The van der Waals surface area contributed by atoms with Crippen LogP contribution in [0.2, 0.25) is 0 Å². The predicted molar refractivity (Wildman–Crippen MR) is 82.5 cm³/mol. The van der Waals surface area contributed by atoms with Gasteiger partial charge in [-0.3, -0.25) is 0 Å². The summed E-state index contributed by atoms with van der Waals surface area (Å²) in [7, 11) is 0. The van der Waals surface area contributed by atoms with Crippen LogP contribution in [0.4, 0.5) is 5.82 Å². The fourth-order valence-electron chi connectivity index (χ4n) is 3.42. The average Bonchev–Trinajstić information content (AvgIpc) is 2.91. The summed E-state index contributed by atoms with van der Waals surface area (Å²) >= 11 is 0. The Labute approximate surface area is 129 Å². The Morgan fingerprint density at radius 1 is 1.33 bits per heavy atom. The molecule has 0 aliphatic carbocycles. The van der Waals surface area contributed by atoms with Crippen molar-refractivity contribution >= 4 is 29.2 Å². The van der Waals surface area contributed by atoms with Crippen molar-refractivity contribution in [2.75, 3.05) is 25.0 Å². The average molecular weight is 305 g/mol. The van der Waals surface area contributed by atoms with E-state index in [9.17, 15) is 0 Å². The number of aromatic nitrogens is 1. The van der Waals surface area contributed by atoms with Gasteiger partial charge in [0.15, 0.2) is 11.4 Å². The van der Waals surface area contributed by atoms with Gasteiger partial charge < -0.3 is 14.7 Å². The number of hydrogen-bond acceptors (Lipinski definition) is 5. The Morgan fingerprint density at radius 3 is 2.81 bits per heavy atom. The van der Waals surface area contributed by atoms with Crippen LogP contribution in [0.5, 0.6) is 0 Å². The molecule has 21 heavy (non-hydrogen) atoms. The Morgan fingerprint density at radius 2 is 2.14 bits per heavy atom. The Balaban J connectivity index is 0.00000132. The number of anilines is 1. The molecule has 0 spiro atoms. The summed E-state index contributed by atoms with van der Waals surface area (Å²) in [6.45, 7) is 3.55. The molecule has 3 saturated heterocycles. The molecular weight excluding hydrogens is 288 g/mol. The predicted octanol–water partition coefficient (Wildman–Crippen LogP) is 2.63. The molecule has 4 heterocycles. The van der Waals surface area contributed by atoms with Gasteiger partial charge in [0.2, 0.25) is 0 Å². The number of nitriles is 1. The molecule has 1 unspecified atom stereocenters. The normalized spacial score (nSPS) is 27.1. The van der Waals surface area contributed by atoms with Crippen molar-refractivity contribution in [3.05, 3.63) is 23.8 Å². The molecule has 3 aliphatic rings. The highest BCUT2D eigenvalue weighted by molar-refractivity contribution is 5.89. The number of benzene rings is 1. The summed E-state index contributed by atoms with van der Waals surface area (Å²) in [6.07, 6.45) is 2.54. The van der Waals surface area contributed by atoms with Gasteiger partial charge in [-0.2, -0.15) is 5.26 Å². The minimum atomic E-state index is 0. The number of hydrogen-bond donors (Lipinski definition) is 1. The number of fused-ring (bicyclic) bond motifs is 4. The summed E-state index contributed by atoms with van der Waals surface area (Å²) in [5, 5.41) is 17.5. The molecule has 1 atom stereocenters. The second-order valence-electron chi connectivity index (χ2n) is 5.74. The number of halogens is 1. The molecule has 0 radical (unpaired) electrons. The molecule has 0 saturated carbocycles. The first-order chi connectivity index (χ1) is 9.83. The molecule has 2 bridgehead atoms. The molecule has 6 heteroatoms. The number of rotatable bonds is 2. The third-order valence-electron chi connectivity index (χ3n) is 4.58. The lowest BCUT2D eigenvalue weighted by Gasteiger charge is -2.44. The fraction of sp³-hybridized carbons (Fsp3) is 0.467. The van der Waals surface area contributed by atoms with Gasteiger partial charge in [0.1, 0.15) is 0 Å². The Hall–Kier alpha value is -1.77. The highest BCUT2D eigenvalue weighted by Gasteiger charge is 2.34. The molecule has 1 aromatic carbocycles. The van der Waals surface area contributed by atoms with Crippen LogP contribution >= 0.6 is 12.4 Å². The zero-order chi connectivity index (χ0) is 13.5. The van der Waals surface area contributed by atoms with Crippen LogP contribution in [0.25, 0.3) is 11.0 Å². The van der Waals surface area contributed by atoms with Crippen molar-refractivity contribution < 1.29 is 4.52 Å². The van der Waals surface area contributed by atoms with Gasteiger partial charge in [-0.25, -0.2) is 0 Å². The number of piperidine rings is 3. The van der Waals surface area contributed by atoms with E-state index in [1.54, 1.807) is 12.1 Å². The van der Waals surface area contributed by atoms with Gasteiger partial charge in [-0.05, 0) is 44.0 Å². The van der Waals surface area contributed by atoms with E-state index in [-0.39, 0.29) is 12.4 Å². The second-order valence-corrected chi connectivity index (χ2v) is 5.74. The highest BCUT2D eigenvalue weighted by atomic mass is 35.5. The molecule has 5 rings (SSSR count). The SMILES string of the molecule is Cl.N#Cc1ccc2c(NC3CN4CCC3CC4)noc2c1. The van der Waals surface area contributed by atoms with E-state index < -0.39 is 0 Å². The van der Waals surface area contributed by atoms with Crippen molar-refractivity contribution in [2.24, 2.45) is 5.92 Å². The quantitative estimate of drug-likeness (QED) is 0.924. The first-order valence-electron chi connectivity index (χ1n) is 7.12. The van der Waals surface area contributed by atoms with Crippen LogP contribution in [0.15, 0.2) is 22.7 Å². The Kier molecular flexibility index (Phi) is 3.75. The smallest absolute Gasteiger partial charge is 0.177 e. The van der Waals surface area contributed by atoms with Crippen molar-refractivity contribution in [2.45, 2.75) is 18.9 Å². The van der Waals surface area contributed by atoms with E-state index in [0.29, 0.717) is 17.2 Å². The molecule has 1 N–H and O–H groups in total.